The van der Waals surface area contributed by atoms with E-state index in [-0.39, 0.29) is 23.7 Å². The van der Waals surface area contributed by atoms with Gasteiger partial charge in [0.1, 0.15) is 0 Å². The Kier molecular flexibility index (Phi) is 4.55. The van der Waals surface area contributed by atoms with Crippen molar-refractivity contribution in [1.29, 1.82) is 0 Å². The summed E-state index contributed by atoms with van der Waals surface area (Å²) in [6.45, 7) is 10.8. The summed E-state index contributed by atoms with van der Waals surface area (Å²) in [6, 6.07) is 0. The molecule has 0 radical (unpaired) electrons. The van der Waals surface area contributed by atoms with Gasteiger partial charge in [0, 0.05) is 11.1 Å². The van der Waals surface area contributed by atoms with Crippen LogP contribution in [0.3, 0.4) is 0 Å². The molecule has 0 aliphatic carbocycles. The van der Waals surface area contributed by atoms with E-state index >= 15 is 0 Å². The fraction of sp³-hybridized carbons (Fsp3) is 0.923. The third kappa shape index (κ3) is 3.68. The van der Waals surface area contributed by atoms with E-state index in [2.05, 4.69) is 27.7 Å². The fourth-order valence-electron chi connectivity index (χ4n) is 2.65. The summed E-state index contributed by atoms with van der Waals surface area (Å²) in [5.41, 5.74) is -0.0670. The van der Waals surface area contributed by atoms with Crippen LogP contribution < -0.4 is 0 Å². The predicted octanol–water partition coefficient (Wildman–Crippen LogP) is 2.52. The fourth-order valence-corrected chi connectivity index (χ4v) is 2.65. The molecule has 0 bridgehead atoms. The van der Waals surface area contributed by atoms with Crippen LogP contribution in [-0.4, -0.2) is 35.3 Å². The molecule has 0 aromatic carbocycles. The van der Waals surface area contributed by atoms with E-state index in [1.165, 1.54) is 6.42 Å². The van der Waals surface area contributed by atoms with Gasteiger partial charge in [-0.25, -0.2) is 4.79 Å². The molecular formula is C13H25NO3. The van der Waals surface area contributed by atoms with Crippen molar-refractivity contribution in [3.05, 3.63) is 0 Å². The number of nitrogens with zero attached hydrogens (tertiary/aromatic N) is 1. The molecule has 0 unspecified atom stereocenters. The molecule has 0 amide bonds. The second-order valence-corrected chi connectivity index (χ2v) is 5.85. The Morgan fingerprint density at radius 3 is 2.18 bits per heavy atom. The minimum absolute atomic E-state index is 0.000694. The molecule has 1 fully saturated rings. The molecule has 100 valence electrons. The van der Waals surface area contributed by atoms with Crippen molar-refractivity contribution in [2.45, 2.75) is 65.0 Å². The maximum atomic E-state index is 11.3. The van der Waals surface area contributed by atoms with E-state index in [9.17, 15) is 4.79 Å². The zero-order chi connectivity index (χ0) is 13.1. The van der Waals surface area contributed by atoms with Crippen LogP contribution in [0.15, 0.2) is 0 Å². The molecular weight excluding hydrogens is 218 g/mol. The second-order valence-electron chi connectivity index (χ2n) is 5.85. The molecule has 4 heteroatoms. The van der Waals surface area contributed by atoms with Crippen LogP contribution in [0.4, 0.5) is 0 Å². The Morgan fingerprint density at radius 1 is 1.18 bits per heavy atom. The molecule has 0 saturated carbocycles. The van der Waals surface area contributed by atoms with Crippen LogP contribution in [-0.2, 0) is 14.4 Å². The Hall–Kier alpha value is -0.610. The van der Waals surface area contributed by atoms with Gasteiger partial charge in [0.25, 0.3) is 0 Å². The lowest BCUT2D eigenvalue weighted by atomic mass is 9.82. The Bertz CT molecular complexity index is 258. The standard InChI is InChI=1S/C13H25NO3/c1-6-16-11(15)10-17-14-12(2,3)8-7-9-13(14,4)5/h6-10H2,1-5H3. The Balaban J connectivity index is 2.61. The summed E-state index contributed by atoms with van der Waals surface area (Å²) >= 11 is 0. The van der Waals surface area contributed by atoms with Crippen molar-refractivity contribution < 1.29 is 14.4 Å². The van der Waals surface area contributed by atoms with Crippen molar-refractivity contribution in [2.75, 3.05) is 13.2 Å². The minimum atomic E-state index is -0.301. The highest BCUT2D eigenvalue weighted by atomic mass is 16.7. The summed E-state index contributed by atoms with van der Waals surface area (Å²) in [4.78, 5) is 17.0. The number of carbonyl (C=O) groups is 1. The first-order chi connectivity index (χ1) is 7.79. The quantitative estimate of drug-likeness (QED) is 0.711. The average Bonchev–Trinajstić information content (AvgIpc) is 2.15. The molecule has 0 atom stereocenters. The molecule has 1 heterocycles. The summed E-state index contributed by atoms with van der Waals surface area (Å²) < 4.78 is 4.88. The number of rotatable bonds is 4. The Labute approximate surface area is 104 Å². The van der Waals surface area contributed by atoms with Crippen LogP contribution in [0.25, 0.3) is 0 Å². The first kappa shape index (κ1) is 14.5. The highest BCUT2D eigenvalue weighted by molar-refractivity contribution is 5.70. The molecule has 1 rings (SSSR count). The van der Waals surface area contributed by atoms with Gasteiger partial charge in [-0.05, 0) is 53.9 Å². The number of hydrogen-bond donors (Lipinski definition) is 0. The van der Waals surface area contributed by atoms with Gasteiger partial charge in [0.2, 0.25) is 0 Å². The molecule has 0 aromatic heterocycles. The van der Waals surface area contributed by atoms with Gasteiger partial charge in [-0.2, -0.15) is 5.06 Å². The summed E-state index contributed by atoms with van der Waals surface area (Å²) in [5, 5.41) is 1.97. The van der Waals surface area contributed by atoms with Gasteiger partial charge < -0.3 is 4.74 Å². The lowest BCUT2D eigenvalue weighted by molar-refractivity contribution is -0.279. The first-order valence-corrected chi connectivity index (χ1v) is 6.38. The normalized spacial score (nSPS) is 23.4. The largest absolute Gasteiger partial charge is 0.464 e. The number of esters is 1. The van der Waals surface area contributed by atoms with Crippen LogP contribution in [0, 0.1) is 0 Å². The molecule has 1 aliphatic heterocycles. The first-order valence-electron chi connectivity index (χ1n) is 6.38. The third-order valence-corrected chi connectivity index (χ3v) is 3.29. The average molecular weight is 243 g/mol. The van der Waals surface area contributed by atoms with Crippen molar-refractivity contribution >= 4 is 5.97 Å². The van der Waals surface area contributed by atoms with Gasteiger partial charge in [-0.15, -0.1) is 0 Å². The van der Waals surface area contributed by atoms with Crippen molar-refractivity contribution in [2.24, 2.45) is 0 Å². The maximum absolute atomic E-state index is 11.3. The van der Waals surface area contributed by atoms with Crippen LogP contribution in [0.2, 0.25) is 0 Å². The highest BCUT2D eigenvalue weighted by Crippen LogP contribution is 2.38. The monoisotopic (exact) mass is 243 g/mol. The zero-order valence-corrected chi connectivity index (χ0v) is 11.7. The molecule has 1 saturated heterocycles. The minimum Gasteiger partial charge on any atom is -0.464 e. The van der Waals surface area contributed by atoms with E-state index in [4.69, 9.17) is 9.57 Å². The van der Waals surface area contributed by atoms with E-state index < -0.39 is 0 Å². The SMILES string of the molecule is CCOC(=O)CON1C(C)(C)CCCC1(C)C. The van der Waals surface area contributed by atoms with Crippen LogP contribution in [0.1, 0.15) is 53.9 Å². The van der Waals surface area contributed by atoms with E-state index in [1.54, 1.807) is 6.92 Å². The van der Waals surface area contributed by atoms with Crippen molar-refractivity contribution in [1.82, 2.24) is 5.06 Å². The number of ether oxygens (including phenoxy) is 1. The number of carbonyl (C=O) groups excluding carboxylic acids is 1. The van der Waals surface area contributed by atoms with Gasteiger partial charge in [0.15, 0.2) is 6.61 Å². The van der Waals surface area contributed by atoms with Crippen LogP contribution >= 0.6 is 0 Å². The summed E-state index contributed by atoms with van der Waals surface area (Å²) in [6.07, 6.45) is 3.36. The maximum Gasteiger partial charge on any atom is 0.334 e. The highest BCUT2D eigenvalue weighted by Gasteiger charge is 2.42. The zero-order valence-electron chi connectivity index (χ0n) is 11.7. The van der Waals surface area contributed by atoms with Gasteiger partial charge in [-0.1, -0.05) is 0 Å². The van der Waals surface area contributed by atoms with E-state index in [1.807, 2.05) is 5.06 Å². The molecule has 4 nitrogen and oxygen atoms in total. The van der Waals surface area contributed by atoms with Gasteiger partial charge in [0.05, 0.1) is 6.61 Å². The smallest absolute Gasteiger partial charge is 0.334 e. The lowest BCUT2D eigenvalue weighted by Gasteiger charge is -2.51. The molecule has 0 N–H and O–H groups in total. The summed E-state index contributed by atoms with van der Waals surface area (Å²) in [5.74, 6) is -0.301. The molecule has 0 spiro atoms. The van der Waals surface area contributed by atoms with Gasteiger partial charge in [-0.3, -0.25) is 4.84 Å². The second kappa shape index (κ2) is 5.36. The third-order valence-electron chi connectivity index (χ3n) is 3.29. The Morgan fingerprint density at radius 2 is 1.71 bits per heavy atom. The summed E-state index contributed by atoms with van der Waals surface area (Å²) in [7, 11) is 0. The van der Waals surface area contributed by atoms with E-state index in [0.717, 1.165) is 12.8 Å². The van der Waals surface area contributed by atoms with E-state index in [0.29, 0.717) is 6.61 Å². The topological polar surface area (TPSA) is 38.8 Å². The molecule has 1 aliphatic rings. The van der Waals surface area contributed by atoms with Gasteiger partial charge >= 0.3 is 5.97 Å². The van der Waals surface area contributed by atoms with Crippen molar-refractivity contribution in [3.8, 4) is 0 Å². The molecule has 17 heavy (non-hydrogen) atoms. The van der Waals surface area contributed by atoms with Crippen LogP contribution in [0.5, 0.6) is 0 Å². The van der Waals surface area contributed by atoms with Crippen molar-refractivity contribution in [3.63, 3.8) is 0 Å². The molecule has 0 aromatic rings. The number of hydroxylamine groups is 2. The number of piperidine rings is 1. The predicted molar refractivity (Wildman–Crippen MR) is 66.4 cm³/mol. The number of hydrogen-bond acceptors (Lipinski definition) is 4. The lowest BCUT2D eigenvalue weighted by Crippen LogP contribution is -2.58.